The zero-order valence-corrected chi connectivity index (χ0v) is 11.6. The maximum atomic E-state index is 11.9. The van der Waals surface area contributed by atoms with E-state index in [-0.39, 0.29) is 18.3 Å². The van der Waals surface area contributed by atoms with Gasteiger partial charge in [-0.15, -0.1) is 12.4 Å². The summed E-state index contributed by atoms with van der Waals surface area (Å²) >= 11 is 1.74. The van der Waals surface area contributed by atoms with Gasteiger partial charge < -0.3 is 10.6 Å². The number of carbonyl (C=O) groups excluding carboxylic acids is 1. The fourth-order valence-corrected chi connectivity index (χ4v) is 2.73. The molecule has 0 aromatic carbocycles. The molecule has 0 saturated carbocycles. The smallest absolute Gasteiger partial charge is 0.232 e. The van der Waals surface area contributed by atoms with Gasteiger partial charge in [0.1, 0.15) is 0 Å². The summed E-state index contributed by atoms with van der Waals surface area (Å²) in [4.78, 5) is 13.9. The van der Waals surface area contributed by atoms with Crippen LogP contribution < -0.4 is 5.73 Å². The third kappa shape index (κ3) is 4.93. The monoisotopic (exact) mass is 266 g/mol. The van der Waals surface area contributed by atoms with Crippen LogP contribution in [0.3, 0.4) is 0 Å². The van der Waals surface area contributed by atoms with E-state index in [2.05, 4.69) is 6.92 Å². The SMILES string of the molecule is CCCSCC(=O)N1CCCCC1CN.Cl. The molecule has 16 heavy (non-hydrogen) atoms. The van der Waals surface area contributed by atoms with Crippen LogP contribution in [0.2, 0.25) is 0 Å². The summed E-state index contributed by atoms with van der Waals surface area (Å²) in [5.74, 6) is 1.99. The Labute approximate surface area is 109 Å². The summed E-state index contributed by atoms with van der Waals surface area (Å²) in [6, 6.07) is 0.300. The predicted molar refractivity (Wildman–Crippen MR) is 73.3 cm³/mol. The van der Waals surface area contributed by atoms with Gasteiger partial charge in [0.2, 0.25) is 5.91 Å². The standard InChI is InChI=1S/C11H22N2OS.ClH/c1-2-7-15-9-11(14)13-6-4-3-5-10(13)8-12;/h10H,2-9,12H2,1H3;1H. The highest BCUT2D eigenvalue weighted by atomic mass is 35.5. The first-order valence-electron chi connectivity index (χ1n) is 5.86. The molecule has 0 radical (unpaired) electrons. The molecule has 96 valence electrons. The molecule has 5 heteroatoms. The van der Waals surface area contributed by atoms with E-state index < -0.39 is 0 Å². The molecule has 1 amide bonds. The number of hydrogen-bond acceptors (Lipinski definition) is 3. The number of halogens is 1. The van der Waals surface area contributed by atoms with Crippen molar-refractivity contribution in [3.05, 3.63) is 0 Å². The number of rotatable bonds is 5. The second-order valence-electron chi connectivity index (χ2n) is 4.03. The van der Waals surface area contributed by atoms with Crippen LogP contribution in [0.1, 0.15) is 32.6 Å². The summed E-state index contributed by atoms with van der Waals surface area (Å²) in [7, 11) is 0. The highest BCUT2D eigenvalue weighted by molar-refractivity contribution is 7.99. The van der Waals surface area contributed by atoms with Gasteiger partial charge in [0, 0.05) is 19.1 Å². The lowest BCUT2D eigenvalue weighted by molar-refractivity contribution is -0.131. The van der Waals surface area contributed by atoms with Crippen LogP contribution in [-0.4, -0.2) is 41.4 Å². The molecular formula is C11H23ClN2OS. The molecule has 3 nitrogen and oxygen atoms in total. The maximum Gasteiger partial charge on any atom is 0.232 e. The molecule has 0 aliphatic carbocycles. The van der Waals surface area contributed by atoms with Gasteiger partial charge in [0.25, 0.3) is 0 Å². The molecule has 1 heterocycles. The number of hydrogen-bond donors (Lipinski definition) is 1. The first-order valence-corrected chi connectivity index (χ1v) is 7.02. The molecule has 0 aromatic heterocycles. The highest BCUT2D eigenvalue weighted by Crippen LogP contribution is 2.17. The fourth-order valence-electron chi connectivity index (χ4n) is 1.96. The van der Waals surface area contributed by atoms with Crippen LogP contribution in [-0.2, 0) is 4.79 Å². The van der Waals surface area contributed by atoms with Gasteiger partial charge in [-0.05, 0) is 31.4 Å². The zero-order valence-electron chi connectivity index (χ0n) is 9.98. The summed E-state index contributed by atoms with van der Waals surface area (Å²) in [6.45, 7) is 3.67. The second-order valence-corrected chi connectivity index (χ2v) is 5.13. The lowest BCUT2D eigenvalue weighted by Crippen LogP contribution is -2.48. The van der Waals surface area contributed by atoms with E-state index in [4.69, 9.17) is 5.73 Å². The fraction of sp³-hybridized carbons (Fsp3) is 0.909. The van der Waals surface area contributed by atoms with Crippen molar-refractivity contribution in [3.8, 4) is 0 Å². The number of piperidine rings is 1. The quantitative estimate of drug-likeness (QED) is 0.773. The van der Waals surface area contributed by atoms with E-state index >= 15 is 0 Å². The molecule has 1 saturated heterocycles. The van der Waals surface area contributed by atoms with Crippen molar-refractivity contribution in [1.29, 1.82) is 0 Å². The molecule has 1 fully saturated rings. The van der Waals surface area contributed by atoms with Crippen molar-refractivity contribution in [3.63, 3.8) is 0 Å². The minimum Gasteiger partial charge on any atom is -0.338 e. The van der Waals surface area contributed by atoms with E-state index in [1.165, 1.54) is 6.42 Å². The molecule has 0 bridgehead atoms. The van der Waals surface area contributed by atoms with Gasteiger partial charge in [-0.2, -0.15) is 11.8 Å². The van der Waals surface area contributed by atoms with Gasteiger partial charge >= 0.3 is 0 Å². The average molecular weight is 267 g/mol. The normalized spacial score (nSPS) is 20.4. The molecular weight excluding hydrogens is 244 g/mol. The molecule has 0 aromatic rings. The largest absolute Gasteiger partial charge is 0.338 e. The Morgan fingerprint density at radius 1 is 1.50 bits per heavy atom. The van der Waals surface area contributed by atoms with Gasteiger partial charge in [-0.25, -0.2) is 0 Å². The molecule has 1 atom stereocenters. The highest BCUT2D eigenvalue weighted by Gasteiger charge is 2.24. The van der Waals surface area contributed by atoms with Gasteiger partial charge in [0.15, 0.2) is 0 Å². The third-order valence-electron chi connectivity index (χ3n) is 2.79. The van der Waals surface area contributed by atoms with Crippen molar-refractivity contribution < 1.29 is 4.79 Å². The number of likely N-dealkylation sites (tertiary alicyclic amines) is 1. The first kappa shape index (κ1) is 16.1. The summed E-state index contributed by atoms with van der Waals surface area (Å²) in [5, 5.41) is 0. The van der Waals surface area contributed by atoms with Crippen LogP contribution in [0, 0.1) is 0 Å². The number of nitrogens with zero attached hydrogens (tertiary/aromatic N) is 1. The van der Waals surface area contributed by atoms with Crippen molar-refractivity contribution in [2.24, 2.45) is 5.73 Å². The van der Waals surface area contributed by atoms with Gasteiger partial charge in [0.05, 0.1) is 5.75 Å². The molecule has 2 N–H and O–H groups in total. The summed E-state index contributed by atoms with van der Waals surface area (Å²) < 4.78 is 0. The number of thioether (sulfide) groups is 1. The van der Waals surface area contributed by atoms with Crippen molar-refractivity contribution in [2.75, 3.05) is 24.6 Å². The van der Waals surface area contributed by atoms with Crippen LogP contribution in [0.4, 0.5) is 0 Å². The van der Waals surface area contributed by atoms with E-state index in [1.807, 2.05) is 4.90 Å². The van der Waals surface area contributed by atoms with Crippen LogP contribution in [0.5, 0.6) is 0 Å². The zero-order chi connectivity index (χ0) is 11.1. The average Bonchev–Trinajstić information content (AvgIpc) is 2.29. The maximum absolute atomic E-state index is 11.9. The van der Waals surface area contributed by atoms with Crippen LogP contribution >= 0.6 is 24.2 Å². The van der Waals surface area contributed by atoms with E-state index in [9.17, 15) is 4.79 Å². The molecule has 1 aliphatic heterocycles. The minimum absolute atomic E-state index is 0. The predicted octanol–water partition coefficient (Wildman–Crippen LogP) is 1.89. The molecule has 1 unspecified atom stereocenters. The van der Waals surface area contributed by atoms with Gasteiger partial charge in [-0.1, -0.05) is 6.92 Å². The second kappa shape index (κ2) is 9.14. The third-order valence-corrected chi connectivity index (χ3v) is 3.94. The van der Waals surface area contributed by atoms with Crippen LogP contribution in [0.25, 0.3) is 0 Å². The molecule has 1 aliphatic rings. The van der Waals surface area contributed by atoms with Crippen molar-refractivity contribution >= 4 is 30.1 Å². The number of amides is 1. The van der Waals surface area contributed by atoms with Crippen molar-refractivity contribution in [1.82, 2.24) is 4.90 Å². The summed E-state index contributed by atoms with van der Waals surface area (Å²) in [6.07, 6.45) is 4.58. The topological polar surface area (TPSA) is 46.3 Å². The Balaban J connectivity index is 0.00000225. The van der Waals surface area contributed by atoms with Crippen LogP contribution in [0.15, 0.2) is 0 Å². The minimum atomic E-state index is 0. The van der Waals surface area contributed by atoms with E-state index in [0.717, 1.165) is 31.6 Å². The summed E-state index contributed by atoms with van der Waals surface area (Å²) in [5.41, 5.74) is 5.69. The Bertz CT molecular complexity index is 204. The van der Waals surface area contributed by atoms with E-state index in [0.29, 0.717) is 18.3 Å². The van der Waals surface area contributed by atoms with Gasteiger partial charge in [-0.3, -0.25) is 4.79 Å². The lowest BCUT2D eigenvalue weighted by atomic mass is 10.0. The number of carbonyl (C=O) groups is 1. The Kier molecular flexibility index (Phi) is 9.18. The number of nitrogens with two attached hydrogens (primary N) is 1. The lowest BCUT2D eigenvalue weighted by Gasteiger charge is -2.35. The molecule has 0 spiro atoms. The first-order chi connectivity index (χ1) is 7.29. The van der Waals surface area contributed by atoms with E-state index in [1.54, 1.807) is 11.8 Å². The van der Waals surface area contributed by atoms with Crippen molar-refractivity contribution in [2.45, 2.75) is 38.6 Å². The Hall–Kier alpha value is 0.0700. The Morgan fingerprint density at radius 3 is 2.88 bits per heavy atom. The molecule has 1 rings (SSSR count). The Morgan fingerprint density at radius 2 is 2.25 bits per heavy atom.